The van der Waals surface area contributed by atoms with Crippen molar-refractivity contribution in [3.8, 4) is 5.75 Å². The van der Waals surface area contributed by atoms with Gasteiger partial charge in [0.1, 0.15) is 5.75 Å². The van der Waals surface area contributed by atoms with Crippen LogP contribution in [-0.4, -0.2) is 11.1 Å². The monoisotopic (exact) mass is 168 g/mol. The average molecular weight is 168 g/mol. The van der Waals surface area contributed by atoms with Crippen molar-refractivity contribution in [3.63, 3.8) is 0 Å². The Bertz CT molecular complexity index is 299. The number of halogens is 1. The molecular weight excluding hydrogens is 159 g/mol. The van der Waals surface area contributed by atoms with Crippen LogP contribution in [0.2, 0.25) is 0 Å². The summed E-state index contributed by atoms with van der Waals surface area (Å²) in [5, 5.41) is 0. The van der Waals surface area contributed by atoms with E-state index in [0.717, 1.165) is 12.8 Å². The minimum absolute atomic E-state index is 0.0850. The molecule has 0 amide bonds. The van der Waals surface area contributed by atoms with Gasteiger partial charge in [0.05, 0.1) is 12.3 Å². The molecule has 0 radical (unpaired) electrons. The second kappa shape index (κ2) is 2.62. The zero-order valence-electron chi connectivity index (χ0n) is 6.46. The topological polar surface area (TPSA) is 48.1 Å². The Morgan fingerprint density at radius 2 is 2.33 bits per heavy atom. The van der Waals surface area contributed by atoms with Crippen molar-refractivity contribution in [1.29, 1.82) is 0 Å². The van der Waals surface area contributed by atoms with Crippen LogP contribution in [0.3, 0.4) is 0 Å². The average Bonchev–Trinajstić information content (AvgIpc) is 2.81. The number of hydrogen-bond donors (Lipinski definition) is 1. The Hall–Kier alpha value is -1.32. The van der Waals surface area contributed by atoms with E-state index in [-0.39, 0.29) is 11.9 Å². The Morgan fingerprint density at radius 1 is 1.58 bits per heavy atom. The van der Waals surface area contributed by atoms with E-state index < -0.39 is 5.82 Å². The van der Waals surface area contributed by atoms with Gasteiger partial charge in [-0.3, -0.25) is 0 Å². The highest BCUT2D eigenvalue weighted by Crippen LogP contribution is 2.27. The summed E-state index contributed by atoms with van der Waals surface area (Å²) < 4.78 is 18.1. The highest BCUT2D eigenvalue weighted by Gasteiger charge is 2.23. The van der Waals surface area contributed by atoms with Gasteiger partial charge in [-0.25, -0.2) is 9.37 Å². The molecule has 0 saturated heterocycles. The van der Waals surface area contributed by atoms with E-state index in [1.807, 2.05) is 0 Å². The molecule has 2 rings (SSSR count). The number of nitrogens with zero attached hydrogens (tertiary/aromatic N) is 1. The van der Waals surface area contributed by atoms with Crippen molar-refractivity contribution in [1.82, 2.24) is 4.98 Å². The molecule has 0 aromatic carbocycles. The third kappa shape index (κ3) is 1.47. The molecule has 0 aliphatic heterocycles. The van der Waals surface area contributed by atoms with Crippen LogP contribution in [0.15, 0.2) is 12.3 Å². The van der Waals surface area contributed by atoms with Crippen molar-refractivity contribution in [2.24, 2.45) is 0 Å². The summed E-state index contributed by atoms with van der Waals surface area (Å²) in [4.78, 5) is 3.64. The summed E-state index contributed by atoms with van der Waals surface area (Å²) >= 11 is 0. The van der Waals surface area contributed by atoms with Gasteiger partial charge < -0.3 is 10.5 Å². The lowest BCUT2D eigenvalue weighted by Crippen LogP contribution is -1.99. The summed E-state index contributed by atoms with van der Waals surface area (Å²) in [6.07, 6.45) is 3.80. The summed E-state index contributed by atoms with van der Waals surface area (Å²) in [5.41, 5.74) is 5.19. The molecule has 2 N–H and O–H groups in total. The molecule has 1 fully saturated rings. The summed E-state index contributed by atoms with van der Waals surface area (Å²) in [6.45, 7) is 0. The van der Waals surface area contributed by atoms with Crippen LogP contribution in [-0.2, 0) is 0 Å². The van der Waals surface area contributed by atoms with Crippen molar-refractivity contribution in [2.45, 2.75) is 18.9 Å². The number of pyridine rings is 1. The Kier molecular flexibility index (Phi) is 1.60. The Labute approximate surface area is 69.4 Å². The van der Waals surface area contributed by atoms with E-state index >= 15 is 0 Å². The maximum Gasteiger partial charge on any atom is 0.168 e. The van der Waals surface area contributed by atoms with E-state index in [1.165, 1.54) is 12.3 Å². The smallest absolute Gasteiger partial charge is 0.168 e. The quantitative estimate of drug-likeness (QED) is 0.725. The van der Waals surface area contributed by atoms with Crippen LogP contribution in [0.5, 0.6) is 5.75 Å². The van der Waals surface area contributed by atoms with Crippen LogP contribution >= 0.6 is 0 Å². The highest BCUT2D eigenvalue weighted by atomic mass is 19.1. The Balaban J connectivity index is 2.15. The highest BCUT2D eigenvalue weighted by molar-refractivity contribution is 5.34. The SMILES string of the molecule is Nc1ncc(OC2CC2)cc1F. The van der Waals surface area contributed by atoms with Gasteiger partial charge in [-0.05, 0) is 12.8 Å². The molecule has 1 aromatic heterocycles. The number of ether oxygens (including phenoxy) is 1. The minimum atomic E-state index is -0.520. The third-order valence-corrected chi connectivity index (χ3v) is 1.67. The molecule has 0 spiro atoms. The van der Waals surface area contributed by atoms with Crippen molar-refractivity contribution in [2.75, 3.05) is 5.73 Å². The van der Waals surface area contributed by atoms with Gasteiger partial charge in [-0.1, -0.05) is 0 Å². The number of anilines is 1. The van der Waals surface area contributed by atoms with E-state index in [9.17, 15) is 4.39 Å². The van der Waals surface area contributed by atoms with Crippen LogP contribution in [0.4, 0.5) is 10.2 Å². The molecule has 0 unspecified atom stereocenters. The largest absolute Gasteiger partial charge is 0.489 e. The minimum Gasteiger partial charge on any atom is -0.489 e. The van der Waals surface area contributed by atoms with Gasteiger partial charge in [0.2, 0.25) is 0 Å². The number of rotatable bonds is 2. The molecule has 0 bridgehead atoms. The zero-order chi connectivity index (χ0) is 8.55. The standard InChI is InChI=1S/C8H9FN2O/c9-7-3-6(4-11-8(7)10)12-5-1-2-5/h3-5H,1-2H2,(H2,10,11). The first-order chi connectivity index (χ1) is 5.75. The van der Waals surface area contributed by atoms with Crippen LogP contribution in [0.25, 0.3) is 0 Å². The number of nitrogen functional groups attached to an aromatic ring is 1. The maximum absolute atomic E-state index is 12.8. The predicted octanol–water partition coefficient (Wildman–Crippen LogP) is 1.34. The van der Waals surface area contributed by atoms with Gasteiger partial charge in [-0.2, -0.15) is 0 Å². The molecule has 3 nitrogen and oxygen atoms in total. The van der Waals surface area contributed by atoms with Gasteiger partial charge in [0.15, 0.2) is 11.6 Å². The molecular formula is C8H9FN2O. The lowest BCUT2D eigenvalue weighted by Gasteiger charge is -2.03. The summed E-state index contributed by atoms with van der Waals surface area (Å²) in [5.74, 6) is -0.143. The van der Waals surface area contributed by atoms with Gasteiger partial charge in [0.25, 0.3) is 0 Å². The summed E-state index contributed by atoms with van der Waals surface area (Å²) in [6, 6.07) is 1.26. The fourth-order valence-electron chi connectivity index (χ4n) is 0.874. The lowest BCUT2D eigenvalue weighted by atomic mass is 10.4. The first-order valence-electron chi connectivity index (χ1n) is 3.83. The molecule has 1 aromatic rings. The first-order valence-corrected chi connectivity index (χ1v) is 3.83. The number of nitrogens with two attached hydrogens (primary N) is 1. The molecule has 12 heavy (non-hydrogen) atoms. The van der Waals surface area contributed by atoms with Gasteiger partial charge in [0, 0.05) is 6.07 Å². The zero-order valence-corrected chi connectivity index (χ0v) is 6.46. The predicted molar refractivity (Wildman–Crippen MR) is 42.3 cm³/mol. The summed E-state index contributed by atoms with van der Waals surface area (Å²) in [7, 11) is 0. The fourth-order valence-corrected chi connectivity index (χ4v) is 0.874. The van der Waals surface area contributed by atoms with Crippen molar-refractivity contribution in [3.05, 3.63) is 18.1 Å². The molecule has 1 heterocycles. The molecule has 1 saturated carbocycles. The molecule has 1 aliphatic rings. The van der Waals surface area contributed by atoms with E-state index in [0.29, 0.717) is 5.75 Å². The normalized spacial score (nSPS) is 16.1. The fraction of sp³-hybridized carbons (Fsp3) is 0.375. The van der Waals surface area contributed by atoms with E-state index in [2.05, 4.69) is 4.98 Å². The maximum atomic E-state index is 12.8. The van der Waals surface area contributed by atoms with Crippen LogP contribution in [0.1, 0.15) is 12.8 Å². The van der Waals surface area contributed by atoms with E-state index in [4.69, 9.17) is 10.5 Å². The molecule has 4 heteroatoms. The molecule has 0 atom stereocenters. The second-order valence-electron chi connectivity index (χ2n) is 2.86. The third-order valence-electron chi connectivity index (χ3n) is 1.67. The first kappa shape index (κ1) is 7.34. The van der Waals surface area contributed by atoms with E-state index in [1.54, 1.807) is 0 Å². The van der Waals surface area contributed by atoms with Gasteiger partial charge >= 0.3 is 0 Å². The van der Waals surface area contributed by atoms with Gasteiger partial charge in [-0.15, -0.1) is 0 Å². The number of hydrogen-bond acceptors (Lipinski definition) is 3. The number of aromatic nitrogens is 1. The second-order valence-corrected chi connectivity index (χ2v) is 2.86. The Morgan fingerprint density at radius 3 is 2.92 bits per heavy atom. The molecule has 64 valence electrons. The van der Waals surface area contributed by atoms with Crippen molar-refractivity contribution >= 4 is 5.82 Å². The van der Waals surface area contributed by atoms with Crippen LogP contribution in [0, 0.1) is 5.82 Å². The molecule has 1 aliphatic carbocycles. The lowest BCUT2D eigenvalue weighted by molar-refractivity contribution is 0.300. The van der Waals surface area contributed by atoms with Crippen LogP contribution < -0.4 is 10.5 Å². The van der Waals surface area contributed by atoms with Crippen molar-refractivity contribution < 1.29 is 9.13 Å².